The number of azo groups is 2. The van der Waals surface area contributed by atoms with Crippen molar-refractivity contribution >= 4 is 193 Å². The number of hydrogen-bond donors (Lipinski definition) is 16. The van der Waals surface area contributed by atoms with Crippen molar-refractivity contribution < 1.29 is 124 Å². The van der Waals surface area contributed by atoms with Crippen molar-refractivity contribution in [3.05, 3.63) is 121 Å². The number of phenols is 2. The minimum absolute atomic E-state index is 0.0801. The Morgan fingerprint density at radius 1 is 0.304 bits per heavy atom. The molecule has 0 bridgehead atoms. The van der Waals surface area contributed by atoms with E-state index >= 15 is 0 Å². The Kier molecular flexibility index (Phi) is 18.1. The zero-order chi connectivity index (χ0) is 74.5. The molecule has 9 aromatic carbocycles. The van der Waals surface area contributed by atoms with Crippen molar-refractivity contribution in [2.75, 3.05) is 21.3 Å². The highest BCUT2D eigenvalue weighted by molar-refractivity contribution is 7.88. The van der Waals surface area contributed by atoms with E-state index in [-0.39, 0.29) is 11.4 Å². The van der Waals surface area contributed by atoms with Crippen LogP contribution < -0.4 is 21.3 Å². The first-order valence-electron chi connectivity index (χ1n) is 26.7. The summed E-state index contributed by atoms with van der Waals surface area (Å²) in [6, 6.07) is 15.7. The summed E-state index contributed by atoms with van der Waals surface area (Å²) in [5, 5.41) is 65.3. The van der Waals surface area contributed by atoms with Gasteiger partial charge in [-0.3, -0.25) is 36.4 Å². The predicted molar refractivity (Wildman–Crippen MR) is 349 cm³/mol. The second-order valence-electron chi connectivity index (χ2n) is 20.7. The third kappa shape index (κ3) is 14.9. The Bertz CT molecular complexity index is 6170. The number of anilines is 8. The lowest BCUT2D eigenvalue weighted by Crippen LogP contribution is -2.06. The third-order valence-electron chi connectivity index (χ3n) is 14.0. The average molecular weight is 1560 g/mol. The molecule has 0 saturated heterocycles. The molecular weight excluding hydrogens is 1530 g/mol. The summed E-state index contributed by atoms with van der Waals surface area (Å²) < 4.78 is 282. The standard InChI is InChI=1S/C52H36N14O28S8/c67-43-39-21(17-37(99(83,84)85)41(43)65-63-31-13-11-27-29(45(31)101(89,90)91)3-1-5-35(27)97(77,78)79)15-25(95(71,72)73)19-33(39)55-49-57-47(59-51(69)61-49)53-23-7-9-24(10-8-23)54-48-58-50(62-52(70)60-48)56-34-20-26(96(74,75)76)16-22-18-38(100(86,87)88)42(44(68)40(22)34)66-64-32-14-12-28-30(46(32)102(92,93)94)4-2-6-36(28)98(80,81)82/h1-20,67-68H,(H,71,72,73)(H,74,75,76)(H,77,78,79)(H,80,81,82)(H,83,84,85)(H,86,87,88)(H,89,90,91)(H,92,93,94)(H3,53,55,57,59,61,69)(H3,54,56,58,60,62,70). The highest BCUT2D eigenvalue weighted by atomic mass is 32.2. The van der Waals surface area contributed by atoms with E-state index in [4.69, 9.17) is 0 Å². The number of fused-ring (bicyclic) bond motifs is 4. The van der Waals surface area contributed by atoms with Gasteiger partial charge in [0.15, 0.2) is 11.5 Å². The van der Waals surface area contributed by atoms with E-state index in [2.05, 4.69) is 71.6 Å². The van der Waals surface area contributed by atoms with Gasteiger partial charge in [0.25, 0.3) is 80.9 Å². The first-order chi connectivity index (χ1) is 47.2. The van der Waals surface area contributed by atoms with Crippen molar-refractivity contribution in [3.63, 3.8) is 0 Å². The molecule has 0 radical (unpaired) electrons. The lowest BCUT2D eigenvalue weighted by molar-refractivity contribution is 0.429. The topological polar surface area (TPSA) is 691 Å². The van der Waals surface area contributed by atoms with Gasteiger partial charge in [-0.15, -0.1) is 20.5 Å². The van der Waals surface area contributed by atoms with Crippen LogP contribution in [-0.2, 0) is 80.9 Å². The molecule has 2 aromatic heterocycles. The van der Waals surface area contributed by atoms with Gasteiger partial charge in [0, 0.05) is 43.7 Å². The molecule has 11 rings (SSSR count). The highest BCUT2D eigenvalue weighted by Gasteiger charge is 2.31. The molecule has 50 heteroatoms. The maximum absolute atomic E-state index is 12.9. The molecule has 102 heavy (non-hydrogen) atoms. The summed E-state index contributed by atoms with van der Waals surface area (Å²) in [6.07, 6.45) is 0. The Balaban J connectivity index is 0.898. The molecule has 0 spiro atoms. The molecule has 0 fully saturated rings. The number of nitrogens with one attached hydrogen (secondary N) is 4. The first-order valence-corrected chi connectivity index (χ1v) is 38.2. The molecule has 11 aromatic rings. The minimum Gasteiger partial charge on any atom is -0.505 e. The van der Waals surface area contributed by atoms with Crippen LogP contribution in [0.1, 0.15) is 0 Å². The Labute approximate surface area is 569 Å². The fourth-order valence-corrected chi connectivity index (χ4v) is 15.5. The van der Waals surface area contributed by atoms with E-state index in [1.54, 1.807) is 0 Å². The van der Waals surface area contributed by atoms with Crippen LogP contribution in [0, 0.1) is 0 Å². The second-order valence-corrected chi connectivity index (χ2v) is 31.8. The molecule has 0 aliphatic heterocycles. The molecule has 42 nitrogen and oxygen atoms in total. The van der Waals surface area contributed by atoms with Crippen LogP contribution in [-0.4, -0.2) is 154 Å². The summed E-state index contributed by atoms with van der Waals surface area (Å²) in [7, 11) is -42.6. The monoisotopic (exact) mass is 1560 g/mol. The number of phenolic OH excluding ortho intramolecular Hbond substituents is 2. The number of benzene rings is 9. The van der Waals surface area contributed by atoms with Crippen molar-refractivity contribution in [3.8, 4) is 23.5 Å². The number of aromatic hydroxyl groups is 4. The van der Waals surface area contributed by atoms with Gasteiger partial charge in [-0.25, -0.2) is 0 Å². The van der Waals surface area contributed by atoms with Crippen molar-refractivity contribution in [1.82, 2.24) is 29.9 Å². The molecule has 0 aliphatic rings. The lowest BCUT2D eigenvalue weighted by Gasteiger charge is -2.15. The number of rotatable bonds is 20. The van der Waals surface area contributed by atoms with Gasteiger partial charge in [0.1, 0.15) is 52.1 Å². The second kappa shape index (κ2) is 25.5. The molecule has 0 unspecified atom stereocenters. The molecule has 0 aliphatic carbocycles. The summed E-state index contributed by atoms with van der Waals surface area (Å²) in [5.41, 5.74) is -5.29. The molecule has 16 N–H and O–H groups in total. The largest absolute Gasteiger partial charge is 0.505 e. The van der Waals surface area contributed by atoms with E-state index < -0.39 is 245 Å². The normalized spacial score (nSPS) is 13.0. The summed E-state index contributed by atoms with van der Waals surface area (Å²) >= 11 is 0. The average Bonchev–Trinajstić information content (AvgIpc) is 0.756. The Morgan fingerprint density at radius 3 is 0.931 bits per heavy atom. The van der Waals surface area contributed by atoms with Gasteiger partial charge in [0.2, 0.25) is 23.8 Å². The molecule has 2 heterocycles. The lowest BCUT2D eigenvalue weighted by atomic mass is 10.1. The van der Waals surface area contributed by atoms with Crippen LogP contribution in [0.5, 0.6) is 23.5 Å². The smallest absolute Gasteiger partial charge is 0.320 e. The minimum atomic E-state index is -5.56. The van der Waals surface area contributed by atoms with Crippen LogP contribution in [0.15, 0.2) is 181 Å². The highest BCUT2D eigenvalue weighted by Crippen LogP contribution is 2.49. The quantitative estimate of drug-likeness (QED) is 0.0263. The van der Waals surface area contributed by atoms with Crippen molar-refractivity contribution in [1.29, 1.82) is 0 Å². The van der Waals surface area contributed by atoms with Gasteiger partial charge >= 0.3 is 12.0 Å². The number of aromatic nitrogens is 6. The van der Waals surface area contributed by atoms with E-state index in [9.17, 15) is 124 Å². The SMILES string of the molecule is O=S(=O)(O)c1cc(Nc2nc(O)nc(Nc3ccc(Nc4nc(O)nc(Nc5cc(S(=O)(=O)O)cc6cc(S(=O)(=O)O)c(N=Nc7ccc8c(S(=O)(=O)O)cccc8c7S(=O)(=O)O)c(O)c56)n4)cc3)n2)c2c(O)c(N=Nc3ccc4c(S(=O)(=O)O)cccc4c3S(=O)(=O)O)c(S(=O)(=O)O)cc2c1. The van der Waals surface area contributed by atoms with Gasteiger partial charge < -0.3 is 41.7 Å². The van der Waals surface area contributed by atoms with Crippen LogP contribution in [0.3, 0.4) is 0 Å². The molecular formula is C52H36N14O28S8. The van der Waals surface area contributed by atoms with E-state index in [0.717, 1.165) is 60.7 Å². The van der Waals surface area contributed by atoms with Crippen molar-refractivity contribution in [2.24, 2.45) is 20.5 Å². The van der Waals surface area contributed by atoms with Crippen LogP contribution in [0.2, 0.25) is 0 Å². The molecule has 0 atom stereocenters. The van der Waals surface area contributed by atoms with Crippen molar-refractivity contribution in [2.45, 2.75) is 39.2 Å². The summed E-state index contributed by atoms with van der Waals surface area (Å²) in [6.45, 7) is 0. The first kappa shape index (κ1) is 72.2. The fourth-order valence-electron chi connectivity index (χ4n) is 10.0. The van der Waals surface area contributed by atoms with E-state index in [1.807, 2.05) is 0 Å². The van der Waals surface area contributed by atoms with Gasteiger partial charge in [-0.05, 0) is 95.7 Å². The van der Waals surface area contributed by atoms with Gasteiger partial charge in [0.05, 0.1) is 21.2 Å². The van der Waals surface area contributed by atoms with Gasteiger partial charge in [-0.2, -0.15) is 97.2 Å². The summed E-state index contributed by atoms with van der Waals surface area (Å²) in [4.78, 5) is 14.5. The Hall–Kier alpha value is -11.1. The molecule has 0 amide bonds. The van der Waals surface area contributed by atoms with Crippen LogP contribution >= 0.6 is 0 Å². The fraction of sp³-hybridized carbons (Fsp3) is 0. The molecule has 0 saturated carbocycles. The van der Waals surface area contributed by atoms with E-state index in [1.165, 1.54) is 24.3 Å². The number of hydrogen-bond acceptors (Lipinski definition) is 34. The number of nitrogens with zero attached hydrogens (tertiary/aromatic N) is 10. The van der Waals surface area contributed by atoms with Crippen LogP contribution in [0.4, 0.5) is 69.3 Å². The maximum Gasteiger partial charge on any atom is 0.320 e. The van der Waals surface area contributed by atoms with Crippen LogP contribution in [0.25, 0.3) is 43.1 Å². The molecule has 530 valence electrons. The zero-order valence-corrected chi connectivity index (χ0v) is 55.7. The predicted octanol–water partition coefficient (Wildman–Crippen LogP) is 7.27. The zero-order valence-electron chi connectivity index (χ0n) is 49.2. The Morgan fingerprint density at radius 2 is 0.627 bits per heavy atom. The third-order valence-corrected chi connectivity index (χ3v) is 21.1. The van der Waals surface area contributed by atoms with E-state index in [0.29, 0.717) is 36.4 Å². The maximum atomic E-state index is 12.9. The summed E-state index contributed by atoms with van der Waals surface area (Å²) in [5.74, 6) is -5.06. The van der Waals surface area contributed by atoms with Gasteiger partial charge in [-0.1, -0.05) is 36.4 Å².